The monoisotopic (exact) mass is 217 g/mol. The summed E-state index contributed by atoms with van der Waals surface area (Å²) in [4.78, 5) is 2.18. The van der Waals surface area contributed by atoms with Crippen LogP contribution in [0.2, 0.25) is 0 Å². The lowest BCUT2D eigenvalue weighted by atomic mass is 10.2. The van der Waals surface area contributed by atoms with E-state index in [-0.39, 0.29) is 6.10 Å². The second kappa shape index (κ2) is 8.49. The van der Waals surface area contributed by atoms with Gasteiger partial charge in [-0.2, -0.15) is 0 Å². The van der Waals surface area contributed by atoms with Crippen LogP contribution >= 0.6 is 0 Å². The Kier molecular flexibility index (Phi) is 8.04. The Morgan fingerprint density at radius 3 is 2.60 bits per heavy atom. The van der Waals surface area contributed by atoms with Gasteiger partial charge in [0.25, 0.3) is 0 Å². The number of aliphatic hydroxyl groups is 1. The first-order valence-corrected chi connectivity index (χ1v) is 5.39. The van der Waals surface area contributed by atoms with Crippen molar-refractivity contribution in [2.45, 2.75) is 38.7 Å². The van der Waals surface area contributed by atoms with Crippen LogP contribution in [0.5, 0.6) is 0 Å². The number of oxime groups is 1. The van der Waals surface area contributed by atoms with Gasteiger partial charge in [-0.05, 0) is 39.8 Å². The Labute approximate surface area is 91.6 Å². The smallest absolute Gasteiger partial charge is 0.139 e. The van der Waals surface area contributed by atoms with Gasteiger partial charge in [-0.3, -0.25) is 0 Å². The summed E-state index contributed by atoms with van der Waals surface area (Å²) in [6, 6.07) is 0. The molecule has 5 heteroatoms. The Hall–Kier alpha value is -0.810. The molecule has 0 spiro atoms. The lowest BCUT2D eigenvalue weighted by Gasteiger charge is -2.17. The van der Waals surface area contributed by atoms with E-state index in [1.54, 1.807) is 6.92 Å². The molecule has 15 heavy (non-hydrogen) atoms. The average Bonchev–Trinajstić information content (AvgIpc) is 2.21. The molecule has 0 saturated carbocycles. The summed E-state index contributed by atoms with van der Waals surface area (Å²) < 4.78 is 0. The van der Waals surface area contributed by atoms with Gasteiger partial charge in [0.1, 0.15) is 5.84 Å². The third-order valence-corrected chi connectivity index (χ3v) is 2.28. The molecule has 1 atom stereocenters. The molecule has 5 nitrogen and oxygen atoms in total. The molecule has 0 aliphatic heterocycles. The van der Waals surface area contributed by atoms with E-state index in [9.17, 15) is 0 Å². The Bertz CT molecular complexity index is 184. The SMILES string of the molecule is CC(O)CCN(C)CCCCC(N)=NO. The fourth-order valence-corrected chi connectivity index (χ4v) is 1.26. The number of aliphatic hydroxyl groups excluding tert-OH is 1. The lowest BCUT2D eigenvalue weighted by molar-refractivity contribution is 0.164. The molecule has 0 aromatic carbocycles. The molecule has 0 radical (unpaired) electrons. The van der Waals surface area contributed by atoms with Crippen LogP contribution in [-0.4, -0.2) is 47.3 Å². The van der Waals surface area contributed by atoms with Gasteiger partial charge in [0.2, 0.25) is 0 Å². The van der Waals surface area contributed by atoms with Crippen LogP contribution in [0.4, 0.5) is 0 Å². The van der Waals surface area contributed by atoms with Gasteiger partial charge in [0.15, 0.2) is 0 Å². The second-order valence-electron chi connectivity index (χ2n) is 3.99. The van der Waals surface area contributed by atoms with Gasteiger partial charge in [-0.1, -0.05) is 5.16 Å². The van der Waals surface area contributed by atoms with Crippen LogP contribution in [0.25, 0.3) is 0 Å². The highest BCUT2D eigenvalue weighted by molar-refractivity contribution is 5.79. The first-order chi connectivity index (χ1) is 7.06. The summed E-state index contributed by atoms with van der Waals surface area (Å²) in [5.74, 6) is 0.293. The number of nitrogens with two attached hydrogens (primary N) is 1. The molecule has 0 amide bonds. The summed E-state index contributed by atoms with van der Waals surface area (Å²) in [5, 5.41) is 20.3. The summed E-state index contributed by atoms with van der Waals surface area (Å²) in [6.07, 6.45) is 3.16. The van der Waals surface area contributed by atoms with E-state index in [1.165, 1.54) is 0 Å². The maximum absolute atomic E-state index is 9.09. The maximum atomic E-state index is 9.09. The van der Waals surface area contributed by atoms with E-state index in [1.807, 2.05) is 7.05 Å². The van der Waals surface area contributed by atoms with E-state index in [0.29, 0.717) is 12.3 Å². The van der Waals surface area contributed by atoms with Crippen LogP contribution in [0.1, 0.15) is 32.6 Å². The zero-order valence-electron chi connectivity index (χ0n) is 9.69. The molecule has 0 rings (SSSR count). The lowest BCUT2D eigenvalue weighted by Crippen LogP contribution is -2.23. The number of amidine groups is 1. The van der Waals surface area contributed by atoms with Crippen molar-refractivity contribution in [3.63, 3.8) is 0 Å². The number of unbranched alkanes of at least 4 members (excludes halogenated alkanes) is 1. The van der Waals surface area contributed by atoms with Crippen molar-refractivity contribution in [1.29, 1.82) is 0 Å². The number of hydrogen-bond donors (Lipinski definition) is 3. The fourth-order valence-electron chi connectivity index (χ4n) is 1.26. The number of rotatable bonds is 8. The van der Waals surface area contributed by atoms with E-state index in [4.69, 9.17) is 16.0 Å². The molecule has 0 aromatic rings. The molecule has 0 fully saturated rings. The highest BCUT2D eigenvalue weighted by Crippen LogP contribution is 1.99. The van der Waals surface area contributed by atoms with Crippen LogP contribution in [0, 0.1) is 0 Å². The number of nitrogens with zero attached hydrogens (tertiary/aromatic N) is 2. The molecule has 90 valence electrons. The minimum Gasteiger partial charge on any atom is -0.409 e. The molecule has 0 aliphatic carbocycles. The standard InChI is InChI=1S/C10H23N3O2/c1-9(14)6-8-13(2)7-4-3-5-10(11)12-15/h9,14-15H,3-8H2,1-2H3,(H2,11,12). The van der Waals surface area contributed by atoms with Gasteiger partial charge in [0, 0.05) is 13.0 Å². The molecular weight excluding hydrogens is 194 g/mol. The van der Waals surface area contributed by atoms with E-state index < -0.39 is 0 Å². The predicted molar refractivity (Wildman–Crippen MR) is 61.1 cm³/mol. The van der Waals surface area contributed by atoms with Crippen molar-refractivity contribution in [3.05, 3.63) is 0 Å². The van der Waals surface area contributed by atoms with Crippen molar-refractivity contribution in [2.24, 2.45) is 10.9 Å². The normalized spacial score (nSPS) is 14.5. The molecule has 4 N–H and O–H groups in total. The largest absolute Gasteiger partial charge is 0.409 e. The first kappa shape index (κ1) is 14.2. The summed E-state index contributed by atoms with van der Waals surface area (Å²) >= 11 is 0. The highest BCUT2D eigenvalue weighted by Gasteiger charge is 2.01. The zero-order chi connectivity index (χ0) is 11.7. The maximum Gasteiger partial charge on any atom is 0.139 e. The number of hydrogen-bond acceptors (Lipinski definition) is 4. The Balaban J connectivity index is 3.35. The first-order valence-electron chi connectivity index (χ1n) is 5.39. The predicted octanol–water partition coefficient (Wildman–Crippen LogP) is 0.606. The Morgan fingerprint density at radius 2 is 2.07 bits per heavy atom. The summed E-state index contributed by atoms with van der Waals surface area (Å²) in [6.45, 7) is 3.68. The molecule has 1 unspecified atom stereocenters. The molecule has 0 aromatic heterocycles. The Morgan fingerprint density at radius 1 is 1.40 bits per heavy atom. The summed E-state index contributed by atoms with van der Waals surface area (Å²) in [7, 11) is 2.03. The van der Waals surface area contributed by atoms with Gasteiger partial charge < -0.3 is 20.9 Å². The average molecular weight is 217 g/mol. The molecule has 0 saturated heterocycles. The van der Waals surface area contributed by atoms with Crippen LogP contribution in [-0.2, 0) is 0 Å². The molecule has 0 bridgehead atoms. The minimum absolute atomic E-state index is 0.232. The fraction of sp³-hybridized carbons (Fsp3) is 0.900. The molecule has 0 heterocycles. The van der Waals surface area contributed by atoms with Crippen molar-refractivity contribution in [1.82, 2.24) is 4.90 Å². The van der Waals surface area contributed by atoms with Gasteiger partial charge in [-0.25, -0.2) is 0 Å². The molecule has 0 aliphatic rings. The molecular formula is C10H23N3O2. The zero-order valence-corrected chi connectivity index (χ0v) is 9.69. The third kappa shape index (κ3) is 9.49. The van der Waals surface area contributed by atoms with Gasteiger partial charge in [-0.15, -0.1) is 0 Å². The van der Waals surface area contributed by atoms with Crippen molar-refractivity contribution < 1.29 is 10.3 Å². The van der Waals surface area contributed by atoms with Gasteiger partial charge in [0.05, 0.1) is 6.10 Å². The van der Waals surface area contributed by atoms with E-state index >= 15 is 0 Å². The van der Waals surface area contributed by atoms with Crippen LogP contribution in [0.15, 0.2) is 5.16 Å². The highest BCUT2D eigenvalue weighted by atomic mass is 16.4. The van der Waals surface area contributed by atoms with Crippen LogP contribution in [0.3, 0.4) is 0 Å². The minimum atomic E-state index is -0.232. The topological polar surface area (TPSA) is 82.1 Å². The summed E-state index contributed by atoms with van der Waals surface area (Å²) in [5.41, 5.74) is 5.34. The van der Waals surface area contributed by atoms with E-state index in [2.05, 4.69) is 10.1 Å². The van der Waals surface area contributed by atoms with Crippen molar-refractivity contribution in [2.75, 3.05) is 20.1 Å². The van der Waals surface area contributed by atoms with Crippen molar-refractivity contribution >= 4 is 5.84 Å². The van der Waals surface area contributed by atoms with Crippen molar-refractivity contribution in [3.8, 4) is 0 Å². The van der Waals surface area contributed by atoms with Crippen LogP contribution < -0.4 is 5.73 Å². The second-order valence-corrected chi connectivity index (χ2v) is 3.99. The van der Waals surface area contributed by atoms with E-state index in [0.717, 1.165) is 32.4 Å². The third-order valence-electron chi connectivity index (χ3n) is 2.28. The van der Waals surface area contributed by atoms with Gasteiger partial charge >= 0.3 is 0 Å². The quantitative estimate of drug-likeness (QED) is 0.183.